The second-order valence-electron chi connectivity index (χ2n) is 6.02. The summed E-state index contributed by atoms with van der Waals surface area (Å²) in [5.74, 6) is 1.30. The third-order valence-electron chi connectivity index (χ3n) is 3.11. The second kappa shape index (κ2) is 7.87. The van der Waals surface area contributed by atoms with Crippen LogP contribution in [0.15, 0.2) is 28.8 Å². The third-order valence-corrected chi connectivity index (χ3v) is 3.11. The van der Waals surface area contributed by atoms with Gasteiger partial charge in [0.05, 0.1) is 6.61 Å². The van der Waals surface area contributed by atoms with E-state index < -0.39 is 0 Å². The largest absolute Gasteiger partial charge is 0.379 e. The molecule has 0 spiro atoms. The molecule has 1 atom stereocenters. The van der Waals surface area contributed by atoms with E-state index in [9.17, 15) is 4.79 Å². The highest BCUT2D eigenvalue weighted by atomic mass is 16.5. The van der Waals surface area contributed by atoms with E-state index in [0.717, 1.165) is 5.56 Å². The van der Waals surface area contributed by atoms with E-state index in [1.54, 1.807) is 25.1 Å². The van der Waals surface area contributed by atoms with Crippen molar-refractivity contribution in [3.63, 3.8) is 0 Å². The Morgan fingerprint density at radius 2 is 2.09 bits per heavy atom. The highest BCUT2D eigenvalue weighted by Crippen LogP contribution is 2.17. The van der Waals surface area contributed by atoms with Crippen LogP contribution in [0.25, 0.3) is 11.4 Å². The molecule has 0 saturated carbocycles. The van der Waals surface area contributed by atoms with Gasteiger partial charge in [0.15, 0.2) is 0 Å². The van der Waals surface area contributed by atoms with Crippen LogP contribution in [0.3, 0.4) is 0 Å². The summed E-state index contributed by atoms with van der Waals surface area (Å²) in [6.45, 7) is 9.01. The lowest BCUT2D eigenvalue weighted by Gasteiger charge is -2.15. The Morgan fingerprint density at radius 1 is 1.30 bits per heavy atom. The highest BCUT2D eigenvalue weighted by Gasteiger charge is 2.13. The quantitative estimate of drug-likeness (QED) is 0.849. The summed E-state index contributed by atoms with van der Waals surface area (Å²) >= 11 is 0. The fourth-order valence-corrected chi connectivity index (χ4v) is 2.05. The Morgan fingerprint density at radius 3 is 2.74 bits per heavy atom. The first-order valence-corrected chi connectivity index (χ1v) is 7.75. The summed E-state index contributed by atoms with van der Waals surface area (Å²) in [4.78, 5) is 16.5. The zero-order valence-corrected chi connectivity index (χ0v) is 14.0. The molecule has 124 valence electrons. The van der Waals surface area contributed by atoms with E-state index in [1.807, 2.05) is 13.0 Å². The summed E-state index contributed by atoms with van der Waals surface area (Å²) in [6.07, 6.45) is 0. The van der Waals surface area contributed by atoms with E-state index in [-0.39, 0.29) is 11.9 Å². The molecule has 0 saturated heterocycles. The summed E-state index contributed by atoms with van der Waals surface area (Å²) < 4.78 is 10.5. The standard InChI is InChI=1S/C17H23N3O3/c1-11(2)9-22-10-12(3)18-17(21)15-7-5-6-14(8-15)16-19-13(4)23-20-16/h5-8,11-12H,9-10H2,1-4H3,(H,18,21)/t12-/m0/s1. The van der Waals surface area contributed by atoms with Gasteiger partial charge in [-0.15, -0.1) is 0 Å². The van der Waals surface area contributed by atoms with Gasteiger partial charge >= 0.3 is 0 Å². The second-order valence-corrected chi connectivity index (χ2v) is 6.02. The molecule has 23 heavy (non-hydrogen) atoms. The lowest BCUT2D eigenvalue weighted by Crippen LogP contribution is -2.36. The third kappa shape index (κ3) is 5.17. The maximum absolute atomic E-state index is 12.3. The van der Waals surface area contributed by atoms with Crippen molar-refractivity contribution in [2.75, 3.05) is 13.2 Å². The number of carbonyl (C=O) groups is 1. The molecule has 1 amide bonds. The smallest absolute Gasteiger partial charge is 0.251 e. The summed E-state index contributed by atoms with van der Waals surface area (Å²) in [5.41, 5.74) is 1.30. The molecule has 0 fully saturated rings. The summed E-state index contributed by atoms with van der Waals surface area (Å²) in [5, 5.41) is 6.79. The molecule has 2 rings (SSSR count). The Hall–Kier alpha value is -2.21. The molecule has 6 heteroatoms. The Bertz CT molecular complexity index is 652. The van der Waals surface area contributed by atoms with E-state index in [2.05, 4.69) is 29.3 Å². The van der Waals surface area contributed by atoms with Crippen molar-refractivity contribution in [1.29, 1.82) is 0 Å². The molecular weight excluding hydrogens is 294 g/mol. The van der Waals surface area contributed by atoms with E-state index >= 15 is 0 Å². The van der Waals surface area contributed by atoms with Gasteiger partial charge < -0.3 is 14.6 Å². The minimum Gasteiger partial charge on any atom is -0.379 e. The number of carbonyl (C=O) groups excluding carboxylic acids is 1. The number of rotatable bonds is 7. The predicted molar refractivity (Wildman–Crippen MR) is 87.1 cm³/mol. The molecule has 0 radical (unpaired) electrons. The van der Waals surface area contributed by atoms with E-state index in [4.69, 9.17) is 9.26 Å². The topological polar surface area (TPSA) is 77.2 Å². The molecule has 0 aliphatic heterocycles. The van der Waals surface area contributed by atoms with Crippen molar-refractivity contribution in [3.05, 3.63) is 35.7 Å². The van der Waals surface area contributed by atoms with Crippen LogP contribution in [-0.2, 0) is 4.74 Å². The first-order valence-electron chi connectivity index (χ1n) is 7.75. The number of benzene rings is 1. The van der Waals surface area contributed by atoms with Crippen LogP contribution in [0.4, 0.5) is 0 Å². The van der Waals surface area contributed by atoms with Gasteiger partial charge in [-0.1, -0.05) is 31.1 Å². The SMILES string of the molecule is Cc1nc(-c2cccc(C(=O)N[C@@H](C)COCC(C)C)c2)no1. The molecule has 0 aliphatic rings. The average Bonchev–Trinajstić information content (AvgIpc) is 2.93. The Balaban J connectivity index is 1.97. The normalized spacial score (nSPS) is 12.4. The Labute approximate surface area is 136 Å². The van der Waals surface area contributed by atoms with Crippen LogP contribution < -0.4 is 5.32 Å². The maximum Gasteiger partial charge on any atom is 0.251 e. The first kappa shape index (κ1) is 17.1. The molecule has 1 aromatic heterocycles. The fourth-order valence-electron chi connectivity index (χ4n) is 2.05. The lowest BCUT2D eigenvalue weighted by molar-refractivity contribution is 0.0792. The molecule has 1 N–H and O–H groups in total. The van der Waals surface area contributed by atoms with Gasteiger partial charge in [-0.3, -0.25) is 4.79 Å². The van der Waals surface area contributed by atoms with Crippen LogP contribution in [0.2, 0.25) is 0 Å². The monoisotopic (exact) mass is 317 g/mol. The molecular formula is C17H23N3O3. The number of aromatic nitrogens is 2. The number of hydrogen-bond donors (Lipinski definition) is 1. The molecule has 0 bridgehead atoms. The zero-order chi connectivity index (χ0) is 16.8. The van der Waals surface area contributed by atoms with Crippen LogP contribution in [0.5, 0.6) is 0 Å². The van der Waals surface area contributed by atoms with Gasteiger partial charge in [-0.2, -0.15) is 4.98 Å². The van der Waals surface area contributed by atoms with Crippen molar-refractivity contribution >= 4 is 5.91 Å². The summed E-state index contributed by atoms with van der Waals surface area (Å²) in [6, 6.07) is 7.10. The Kier molecular flexibility index (Phi) is 5.87. The number of hydrogen-bond acceptors (Lipinski definition) is 5. The predicted octanol–water partition coefficient (Wildman–Crippen LogP) is 2.84. The highest BCUT2D eigenvalue weighted by molar-refractivity contribution is 5.95. The van der Waals surface area contributed by atoms with Crippen molar-refractivity contribution in [2.45, 2.75) is 33.7 Å². The van der Waals surface area contributed by atoms with Crippen LogP contribution in [0, 0.1) is 12.8 Å². The number of ether oxygens (including phenoxy) is 1. The molecule has 2 aromatic rings. The van der Waals surface area contributed by atoms with Crippen molar-refractivity contribution < 1.29 is 14.1 Å². The van der Waals surface area contributed by atoms with Crippen molar-refractivity contribution in [3.8, 4) is 11.4 Å². The first-order chi connectivity index (χ1) is 11.0. The molecule has 0 unspecified atom stereocenters. The zero-order valence-electron chi connectivity index (χ0n) is 14.0. The minimum atomic E-state index is -0.146. The molecule has 1 heterocycles. The van der Waals surface area contributed by atoms with Crippen LogP contribution >= 0.6 is 0 Å². The lowest BCUT2D eigenvalue weighted by atomic mass is 10.1. The number of aryl methyl sites for hydroxylation is 1. The van der Waals surface area contributed by atoms with Gasteiger partial charge in [0.1, 0.15) is 0 Å². The van der Waals surface area contributed by atoms with Gasteiger partial charge in [-0.25, -0.2) is 0 Å². The van der Waals surface area contributed by atoms with Crippen molar-refractivity contribution in [2.24, 2.45) is 5.92 Å². The van der Waals surface area contributed by atoms with E-state index in [0.29, 0.717) is 36.4 Å². The minimum absolute atomic E-state index is 0.0580. The number of nitrogens with one attached hydrogen (secondary N) is 1. The molecule has 1 aromatic carbocycles. The fraction of sp³-hybridized carbons (Fsp3) is 0.471. The molecule has 0 aliphatic carbocycles. The van der Waals surface area contributed by atoms with Crippen LogP contribution in [-0.4, -0.2) is 35.3 Å². The van der Waals surface area contributed by atoms with Gasteiger partial charge in [0, 0.05) is 30.7 Å². The number of nitrogens with zero attached hydrogens (tertiary/aromatic N) is 2. The van der Waals surface area contributed by atoms with Crippen LogP contribution in [0.1, 0.15) is 37.0 Å². The van der Waals surface area contributed by atoms with Crippen molar-refractivity contribution in [1.82, 2.24) is 15.5 Å². The summed E-state index contributed by atoms with van der Waals surface area (Å²) in [7, 11) is 0. The van der Waals surface area contributed by atoms with Gasteiger partial charge in [0.2, 0.25) is 11.7 Å². The molecule has 6 nitrogen and oxygen atoms in total. The van der Waals surface area contributed by atoms with E-state index in [1.165, 1.54) is 0 Å². The van der Waals surface area contributed by atoms with Gasteiger partial charge in [-0.05, 0) is 25.0 Å². The maximum atomic E-state index is 12.3. The van der Waals surface area contributed by atoms with Gasteiger partial charge in [0.25, 0.3) is 5.91 Å². The average molecular weight is 317 g/mol. The number of amides is 1.